The summed E-state index contributed by atoms with van der Waals surface area (Å²) in [7, 11) is 0. The summed E-state index contributed by atoms with van der Waals surface area (Å²) in [5.41, 5.74) is 3.18. The van der Waals surface area contributed by atoms with Gasteiger partial charge in [0.15, 0.2) is 0 Å². The minimum atomic E-state index is -0.345. The summed E-state index contributed by atoms with van der Waals surface area (Å²) in [6, 6.07) is 6.68. The van der Waals surface area contributed by atoms with Crippen molar-refractivity contribution in [2.24, 2.45) is 0 Å². The highest BCUT2D eigenvalue weighted by molar-refractivity contribution is 7.16. The van der Waals surface area contributed by atoms with Crippen LogP contribution in [0.2, 0.25) is 0 Å². The molecular weight excluding hydrogens is 337 g/mol. The molecule has 3 rings (SSSR count). The average Bonchev–Trinajstić information content (AvgIpc) is 2.75. The minimum absolute atomic E-state index is 0.0255. The number of nitrogens with zero attached hydrogens (tertiary/aromatic N) is 1. The Balaban J connectivity index is 1.69. The van der Waals surface area contributed by atoms with Crippen molar-refractivity contribution in [3.63, 3.8) is 0 Å². The Bertz CT molecular complexity index is 838. The molecule has 1 aliphatic carbocycles. The van der Waals surface area contributed by atoms with Crippen LogP contribution in [0.5, 0.6) is 0 Å². The molecule has 4 nitrogen and oxygen atoms in total. The number of nitrogens with one attached hydrogen (secondary N) is 2. The summed E-state index contributed by atoms with van der Waals surface area (Å²) >= 11 is 1.51. The standard InChI is InChI=1S/C19H20FN3OS/c1-12-7-8-13(20)9-16(12)22-11-18(24)23-19-15(10-21)14-5-3-2-4-6-17(14)25-19/h7-9,22H,2-6,11H2,1H3,(H,23,24). The number of aryl methyl sites for hydroxylation is 2. The van der Waals surface area contributed by atoms with Crippen LogP contribution in [0, 0.1) is 24.1 Å². The third-order valence-corrected chi connectivity index (χ3v) is 5.63. The molecule has 0 spiro atoms. The van der Waals surface area contributed by atoms with E-state index in [0.29, 0.717) is 16.3 Å². The molecule has 1 heterocycles. The molecule has 130 valence electrons. The lowest BCUT2D eigenvalue weighted by Gasteiger charge is -2.09. The lowest BCUT2D eigenvalue weighted by Crippen LogP contribution is -2.22. The number of hydrogen-bond donors (Lipinski definition) is 2. The Hall–Kier alpha value is -2.39. The van der Waals surface area contributed by atoms with Crippen molar-refractivity contribution in [3.8, 4) is 6.07 Å². The van der Waals surface area contributed by atoms with E-state index in [-0.39, 0.29) is 18.3 Å². The zero-order valence-electron chi connectivity index (χ0n) is 14.1. The third kappa shape index (κ3) is 3.99. The number of carbonyl (C=O) groups excluding carboxylic acids is 1. The first-order chi connectivity index (χ1) is 12.1. The van der Waals surface area contributed by atoms with Crippen molar-refractivity contribution in [3.05, 3.63) is 45.6 Å². The molecule has 2 aromatic rings. The first-order valence-electron chi connectivity index (χ1n) is 8.43. The van der Waals surface area contributed by atoms with Crippen LogP contribution in [0.15, 0.2) is 18.2 Å². The van der Waals surface area contributed by atoms with Crippen LogP contribution >= 0.6 is 11.3 Å². The second kappa shape index (κ2) is 7.66. The summed E-state index contributed by atoms with van der Waals surface area (Å²) in [6.07, 6.45) is 5.29. The van der Waals surface area contributed by atoms with Gasteiger partial charge < -0.3 is 10.6 Å². The summed E-state index contributed by atoms with van der Waals surface area (Å²) in [5, 5.41) is 15.9. The fourth-order valence-electron chi connectivity index (χ4n) is 3.08. The molecular formula is C19H20FN3OS. The van der Waals surface area contributed by atoms with Crippen LogP contribution < -0.4 is 10.6 Å². The number of fused-ring (bicyclic) bond motifs is 1. The molecule has 0 atom stereocenters. The number of hydrogen-bond acceptors (Lipinski definition) is 4. The number of nitriles is 1. The van der Waals surface area contributed by atoms with Gasteiger partial charge in [0.1, 0.15) is 16.9 Å². The van der Waals surface area contributed by atoms with Gasteiger partial charge in [-0.05, 0) is 55.9 Å². The molecule has 0 saturated heterocycles. The maximum Gasteiger partial charge on any atom is 0.244 e. The monoisotopic (exact) mass is 357 g/mol. The fourth-order valence-corrected chi connectivity index (χ4v) is 4.34. The lowest BCUT2D eigenvalue weighted by atomic mass is 10.1. The second-order valence-electron chi connectivity index (χ2n) is 6.24. The van der Waals surface area contributed by atoms with E-state index in [1.54, 1.807) is 6.07 Å². The van der Waals surface area contributed by atoms with Crippen molar-refractivity contribution in [2.45, 2.75) is 39.0 Å². The molecule has 25 heavy (non-hydrogen) atoms. The van der Waals surface area contributed by atoms with Crippen molar-refractivity contribution in [1.82, 2.24) is 0 Å². The maximum absolute atomic E-state index is 13.3. The normalized spacial score (nSPS) is 13.5. The molecule has 0 unspecified atom stereocenters. The van der Waals surface area contributed by atoms with Crippen molar-refractivity contribution in [1.29, 1.82) is 5.26 Å². The average molecular weight is 357 g/mol. The smallest absolute Gasteiger partial charge is 0.244 e. The number of halogens is 1. The van der Waals surface area contributed by atoms with Gasteiger partial charge in [0.05, 0.1) is 12.1 Å². The van der Waals surface area contributed by atoms with Crippen LogP contribution in [-0.2, 0) is 17.6 Å². The largest absolute Gasteiger partial charge is 0.376 e. The van der Waals surface area contributed by atoms with Crippen LogP contribution in [0.3, 0.4) is 0 Å². The predicted molar refractivity (Wildman–Crippen MR) is 98.5 cm³/mol. The highest BCUT2D eigenvalue weighted by atomic mass is 32.1. The van der Waals surface area contributed by atoms with E-state index in [2.05, 4.69) is 16.7 Å². The molecule has 0 bridgehead atoms. The van der Waals surface area contributed by atoms with Crippen molar-refractivity contribution >= 4 is 27.9 Å². The number of rotatable bonds is 4. The molecule has 2 N–H and O–H groups in total. The van der Waals surface area contributed by atoms with Crippen LogP contribution in [0.1, 0.15) is 40.8 Å². The van der Waals surface area contributed by atoms with Gasteiger partial charge >= 0.3 is 0 Å². The Labute approximate surface area is 150 Å². The highest BCUT2D eigenvalue weighted by Crippen LogP contribution is 2.36. The summed E-state index contributed by atoms with van der Waals surface area (Å²) in [4.78, 5) is 13.5. The lowest BCUT2D eigenvalue weighted by molar-refractivity contribution is -0.114. The second-order valence-corrected chi connectivity index (χ2v) is 7.35. The quantitative estimate of drug-likeness (QED) is 0.798. The first-order valence-corrected chi connectivity index (χ1v) is 9.24. The third-order valence-electron chi connectivity index (χ3n) is 4.43. The van der Waals surface area contributed by atoms with Crippen molar-refractivity contribution < 1.29 is 9.18 Å². The maximum atomic E-state index is 13.3. The molecule has 1 aromatic heterocycles. The SMILES string of the molecule is Cc1ccc(F)cc1NCC(=O)Nc1sc2c(c1C#N)CCCCC2. The van der Waals surface area contributed by atoms with Gasteiger partial charge in [-0.3, -0.25) is 4.79 Å². The molecule has 0 fully saturated rings. The van der Waals surface area contributed by atoms with E-state index < -0.39 is 0 Å². The zero-order valence-corrected chi connectivity index (χ0v) is 14.9. The molecule has 1 aromatic carbocycles. The minimum Gasteiger partial charge on any atom is -0.376 e. The number of carbonyl (C=O) groups is 1. The van der Waals surface area contributed by atoms with Gasteiger partial charge in [-0.15, -0.1) is 11.3 Å². The number of amides is 1. The Morgan fingerprint density at radius 3 is 2.92 bits per heavy atom. The van der Waals surface area contributed by atoms with Crippen LogP contribution in [-0.4, -0.2) is 12.5 Å². The van der Waals surface area contributed by atoms with Gasteiger partial charge in [-0.25, -0.2) is 4.39 Å². The Kier molecular flexibility index (Phi) is 5.34. The number of thiophene rings is 1. The van der Waals surface area contributed by atoms with E-state index in [9.17, 15) is 14.4 Å². The van der Waals surface area contributed by atoms with Crippen LogP contribution in [0.4, 0.5) is 15.1 Å². The van der Waals surface area contributed by atoms with Gasteiger partial charge in [0.25, 0.3) is 0 Å². The van der Waals surface area contributed by atoms with Crippen molar-refractivity contribution in [2.75, 3.05) is 17.2 Å². The molecule has 6 heteroatoms. The van der Waals surface area contributed by atoms with E-state index in [1.807, 2.05) is 6.92 Å². The van der Waals surface area contributed by atoms with Gasteiger partial charge in [-0.1, -0.05) is 12.5 Å². The molecule has 0 radical (unpaired) electrons. The highest BCUT2D eigenvalue weighted by Gasteiger charge is 2.20. The van der Waals surface area contributed by atoms with E-state index in [4.69, 9.17) is 0 Å². The fraction of sp³-hybridized carbons (Fsp3) is 0.368. The Morgan fingerprint density at radius 2 is 2.12 bits per heavy atom. The molecule has 0 aliphatic heterocycles. The zero-order chi connectivity index (χ0) is 17.8. The predicted octanol–water partition coefficient (Wildman–Crippen LogP) is 4.39. The van der Waals surface area contributed by atoms with Crippen LogP contribution in [0.25, 0.3) is 0 Å². The molecule has 0 saturated carbocycles. The number of anilines is 2. The number of benzene rings is 1. The van der Waals surface area contributed by atoms with Gasteiger partial charge in [-0.2, -0.15) is 5.26 Å². The molecule has 1 aliphatic rings. The summed E-state index contributed by atoms with van der Waals surface area (Å²) in [5.74, 6) is -0.584. The van der Waals surface area contributed by atoms with E-state index >= 15 is 0 Å². The summed E-state index contributed by atoms with van der Waals surface area (Å²) < 4.78 is 13.3. The van der Waals surface area contributed by atoms with E-state index in [1.165, 1.54) is 34.8 Å². The summed E-state index contributed by atoms with van der Waals surface area (Å²) in [6.45, 7) is 1.88. The topological polar surface area (TPSA) is 64.9 Å². The molecule has 1 amide bonds. The first kappa shape index (κ1) is 17.4. The van der Waals surface area contributed by atoms with E-state index in [0.717, 1.165) is 36.8 Å². The van der Waals surface area contributed by atoms with Gasteiger partial charge in [0, 0.05) is 10.6 Å². The van der Waals surface area contributed by atoms with Gasteiger partial charge in [0.2, 0.25) is 5.91 Å². The Morgan fingerprint density at radius 1 is 1.32 bits per heavy atom.